The van der Waals surface area contributed by atoms with Gasteiger partial charge in [-0.2, -0.15) is 11.3 Å². The molecule has 0 bridgehead atoms. The first-order valence-electron chi connectivity index (χ1n) is 8.14. The summed E-state index contributed by atoms with van der Waals surface area (Å²) in [7, 11) is 1.95. The van der Waals surface area contributed by atoms with Crippen molar-refractivity contribution in [1.29, 1.82) is 0 Å². The Morgan fingerprint density at radius 3 is 2.68 bits per heavy atom. The number of esters is 1. The molecule has 5 heteroatoms. The van der Waals surface area contributed by atoms with Crippen LogP contribution in [0.3, 0.4) is 0 Å². The van der Waals surface area contributed by atoms with E-state index in [0.29, 0.717) is 0 Å². The van der Waals surface area contributed by atoms with Gasteiger partial charge in [-0.1, -0.05) is 32.0 Å². The number of fused-ring (bicyclic) bond motifs is 1. The summed E-state index contributed by atoms with van der Waals surface area (Å²) in [6.07, 6.45) is 1.79. The molecule has 2 aromatic rings. The predicted octanol–water partition coefficient (Wildman–Crippen LogP) is 3.71. The molecule has 2 heterocycles. The van der Waals surface area contributed by atoms with Crippen LogP contribution in [0, 0.1) is 0 Å². The highest BCUT2D eigenvalue weighted by molar-refractivity contribution is 7.08. The van der Waals surface area contributed by atoms with Gasteiger partial charge in [-0.15, -0.1) is 0 Å². The largest absolute Gasteiger partial charge is 0.457 e. The fourth-order valence-electron chi connectivity index (χ4n) is 3.22. The van der Waals surface area contributed by atoms with Crippen molar-refractivity contribution in [3.05, 3.63) is 64.0 Å². The zero-order valence-corrected chi connectivity index (χ0v) is 15.4. The Bertz CT molecular complexity index is 821. The third kappa shape index (κ3) is 3.51. The summed E-state index contributed by atoms with van der Waals surface area (Å²) in [5.41, 5.74) is 3.84. The highest BCUT2D eigenvalue weighted by Gasteiger charge is 2.38. The molecule has 0 saturated heterocycles. The van der Waals surface area contributed by atoms with Crippen LogP contribution in [-0.4, -0.2) is 25.4 Å². The summed E-state index contributed by atoms with van der Waals surface area (Å²) < 4.78 is 5.12. The second kappa shape index (κ2) is 6.84. The summed E-state index contributed by atoms with van der Waals surface area (Å²) in [6.45, 7) is 3.96. The lowest BCUT2D eigenvalue weighted by molar-refractivity contribution is -0.146. The summed E-state index contributed by atoms with van der Waals surface area (Å²) in [5.74, 6) is -0.589. The third-order valence-corrected chi connectivity index (χ3v) is 5.27. The van der Waals surface area contributed by atoms with Crippen LogP contribution >= 0.6 is 11.3 Å². The molecule has 0 atom stereocenters. The van der Waals surface area contributed by atoms with Crippen molar-refractivity contribution in [2.45, 2.75) is 25.7 Å². The van der Waals surface area contributed by atoms with E-state index in [2.05, 4.69) is 19.9 Å². The SMILES string of the molecule is CN1/C(=C\C(=O)COC(=O)Cc2ccsc2)C(C)(C)c2ccccc21. The molecule has 0 unspecified atom stereocenters. The lowest BCUT2D eigenvalue weighted by Gasteiger charge is -2.23. The number of likely N-dealkylation sites (N-methyl/N-ethyl adjacent to an activating group) is 1. The van der Waals surface area contributed by atoms with E-state index in [0.717, 1.165) is 16.9 Å². The number of rotatable bonds is 5. The maximum Gasteiger partial charge on any atom is 0.310 e. The van der Waals surface area contributed by atoms with E-state index in [9.17, 15) is 9.59 Å². The van der Waals surface area contributed by atoms with Gasteiger partial charge in [0.05, 0.1) is 6.42 Å². The molecule has 0 fully saturated rings. The van der Waals surface area contributed by atoms with E-state index >= 15 is 0 Å². The topological polar surface area (TPSA) is 46.6 Å². The number of allylic oxidation sites excluding steroid dienone is 1. The van der Waals surface area contributed by atoms with Gasteiger partial charge in [0.2, 0.25) is 0 Å². The fourth-order valence-corrected chi connectivity index (χ4v) is 3.88. The molecule has 130 valence electrons. The lowest BCUT2D eigenvalue weighted by Crippen LogP contribution is -2.25. The molecular weight excluding hydrogens is 334 g/mol. The van der Waals surface area contributed by atoms with Crippen LogP contribution in [0.5, 0.6) is 0 Å². The van der Waals surface area contributed by atoms with Gasteiger partial charge in [0.1, 0.15) is 0 Å². The normalized spacial score (nSPS) is 16.8. The minimum atomic E-state index is -0.382. The van der Waals surface area contributed by atoms with Crippen LogP contribution in [0.2, 0.25) is 0 Å². The zero-order chi connectivity index (χ0) is 18.0. The van der Waals surface area contributed by atoms with Gasteiger partial charge >= 0.3 is 5.97 Å². The first kappa shape index (κ1) is 17.4. The van der Waals surface area contributed by atoms with Crippen LogP contribution in [0.15, 0.2) is 52.9 Å². The van der Waals surface area contributed by atoms with Gasteiger partial charge in [0, 0.05) is 29.9 Å². The van der Waals surface area contributed by atoms with Crippen LogP contribution in [0.1, 0.15) is 25.0 Å². The number of hydrogen-bond donors (Lipinski definition) is 0. The van der Waals surface area contributed by atoms with Crippen molar-refractivity contribution < 1.29 is 14.3 Å². The molecule has 1 aromatic heterocycles. The highest BCUT2D eigenvalue weighted by Crippen LogP contribution is 2.46. The summed E-state index contributed by atoms with van der Waals surface area (Å²) in [5, 5.41) is 3.81. The van der Waals surface area contributed by atoms with Gasteiger partial charge in [-0.25, -0.2) is 0 Å². The van der Waals surface area contributed by atoms with Crippen molar-refractivity contribution >= 4 is 28.8 Å². The summed E-state index contributed by atoms with van der Waals surface area (Å²) in [4.78, 5) is 26.2. The number of ketones is 1. The first-order valence-corrected chi connectivity index (χ1v) is 9.09. The molecule has 1 aliphatic rings. The molecule has 3 rings (SSSR count). The Kier molecular flexibility index (Phi) is 4.77. The van der Waals surface area contributed by atoms with Gasteiger partial charge in [0.15, 0.2) is 12.4 Å². The van der Waals surface area contributed by atoms with Gasteiger partial charge in [-0.3, -0.25) is 9.59 Å². The van der Waals surface area contributed by atoms with E-state index < -0.39 is 0 Å². The summed E-state index contributed by atoms with van der Waals surface area (Å²) in [6, 6.07) is 10.00. The number of hydrogen-bond acceptors (Lipinski definition) is 5. The Morgan fingerprint density at radius 1 is 1.24 bits per heavy atom. The Hall–Kier alpha value is -2.40. The number of carbonyl (C=O) groups is 2. The van der Waals surface area contributed by atoms with Crippen molar-refractivity contribution in [3.8, 4) is 0 Å². The van der Waals surface area contributed by atoms with Gasteiger partial charge < -0.3 is 9.64 Å². The first-order chi connectivity index (χ1) is 11.9. The minimum Gasteiger partial charge on any atom is -0.457 e. The molecule has 0 radical (unpaired) electrons. The summed E-state index contributed by atoms with van der Waals surface area (Å²) >= 11 is 1.53. The minimum absolute atomic E-state index is 0.199. The molecule has 0 N–H and O–H groups in total. The van der Waals surface area contributed by atoms with Crippen molar-refractivity contribution in [2.24, 2.45) is 0 Å². The molecule has 25 heavy (non-hydrogen) atoms. The average Bonchev–Trinajstić information content (AvgIpc) is 3.15. The van der Waals surface area contributed by atoms with Crippen LogP contribution in [0.25, 0.3) is 0 Å². The number of para-hydroxylation sites is 1. The number of nitrogens with zero attached hydrogens (tertiary/aromatic N) is 1. The van der Waals surface area contributed by atoms with Crippen LogP contribution in [0.4, 0.5) is 5.69 Å². The Labute approximate surface area is 151 Å². The van der Waals surface area contributed by atoms with E-state index in [1.807, 2.05) is 47.0 Å². The fraction of sp³-hybridized carbons (Fsp3) is 0.300. The molecule has 0 aliphatic carbocycles. The van der Waals surface area contributed by atoms with Crippen molar-refractivity contribution in [3.63, 3.8) is 0 Å². The van der Waals surface area contributed by atoms with Crippen LogP contribution < -0.4 is 4.90 Å². The maximum atomic E-state index is 12.3. The number of benzene rings is 1. The monoisotopic (exact) mass is 355 g/mol. The second-order valence-corrected chi connectivity index (χ2v) is 7.45. The quantitative estimate of drug-likeness (QED) is 0.606. The maximum absolute atomic E-state index is 12.3. The second-order valence-electron chi connectivity index (χ2n) is 6.67. The van der Waals surface area contributed by atoms with Crippen LogP contribution in [-0.2, 0) is 26.2 Å². The van der Waals surface area contributed by atoms with Crippen molar-refractivity contribution in [1.82, 2.24) is 0 Å². The third-order valence-electron chi connectivity index (χ3n) is 4.54. The molecule has 0 spiro atoms. The predicted molar refractivity (Wildman–Crippen MR) is 99.9 cm³/mol. The molecule has 1 aliphatic heterocycles. The Balaban J connectivity index is 1.66. The van der Waals surface area contributed by atoms with E-state index in [1.165, 1.54) is 16.9 Å². The molecule has 1 aromatic carbocycles. The molecular formula is C20H21NO3S. The number of thiophene rings is 1. The van der Waals surface area contributed by atoms with Gasteiger partial charge in [0.25, 0.3) is 0 Å². The Morgan fingerprint density at radius 2 is 2.00 bits per heavy atom. The average molecular weight is 355 g/mol. The number of ether oxygens (including phenoxy) is 1. The molecule has 0 amide bonds. The highest BCUT2D eigenvalue weighted by atomic mass is 32.1. The van der Waals surface area contributed by atoms with Gasteiger partial charge in [-0.05, 0) is 34.0 Å². The number of carbonyl (C=O) groups excluding carboxylic acids is 2. The standard InChI is InChI=1S/C20H21NO3S/c1-20(2)16-6-4-5-7-17(16)21(3)18(20)11-15(22)12-24-19(23)10-14-8-9-25-13-14/h4-9,11,13H,10,12H2,1-3H3/b18-11-. The van der Waals surface area contributed by atoms with E-state index in [1.54, 1.807) is 6.08 Å². The molecule has 0 saturated carbocycles. The smallest absolute Gasteiger partial charge is 0.310 e. The molecule has 4 nitrogen and oxygen atoms in total. The number of anilines is 1. The van der Waals surface area contributed by atoms with E-state index in [-0.39, 0.29) is 30.2 Å². The lowest BCUT2D eigenvalue weighted by atomic mass is 9.83. The van der Waals surface area contributed by atoms with E-state index in [4.69, 9.17) is 4.74 Å². The van der Waals surface area contributed by atoms with Crippen molar-refractivity contribution in [2.75, 3.05) is 18.6 Å². The zero-order valence-electron chi connectivity index (χ0n) is 14.6.